The Balaban J connectivity index is 2.15. The van der Waals surface area contributed by atoms with E-state index in [0.717, 1.165) is 16.3 Å². The second-order valence-corrected chi connectivity index (χ2v) is 7.28. The molecule has 2 amide bonds. The molecule has 0 radical (unpaired) electrons. The molecule has 6 nitrogen and oxygen atoms in total. The molecule has 0 aliphatic heterocycles. The Morgan fingerprint density at radius 3 is 2.52 bits per heavy atom. The molecule has 1 atom stereocenters. The number of nitrogens with one attached hydrogen (secondary N) is 2. The summed E-state index contributed by atoms with van der Waals surface area (Å²) in [4.78, 5) is 24.6. The fourth-order valence-electron chi connectivity index (χ4n) is 2.63. The molecule has 0 saturated carbocycles. The van der Waals surface area contributed by atoms with E-state index >= 15 is 0 Å². The molecule has 2 aromatic rings. The number of benzene rings is 2. The predicted molar refractivity (Wildman–Crippen MR) is 104 cm³/mol. The number of rotatable bonds is 6. The minimum Gasteiger partial charge on any atom is -0.444 e. The lowest BCUT2D eigenvalue weighted by Crippen LogP contribution is -2.49. The van der Waals surface area contributed by atoms with Gasteiger partial charge in [0.05, 0.1) is 12.5 Å². The minimum atomic E-state index is -0.792. The van der Waals surface area contributed by atoms with Crippen molar-refractivity contribution in [3.8, 4) is 6.07 Å². The molecular weight excluding hydrogens is 342 g/mol. The van der Waals surface area contributed by atoms with Gasteiger partial charge in [-0.1, -0.05) is 42.5 Å². The zero-order valence-electron chi connectivity index (χ0n) is 15.9. The molecule has 27 heavy (non-hydrogen) atoms. The first-order valence-electron chi connectivity index (χ1n) is 8.90. The number of nitriles is 1. The van der Waals surface area contributed by atoms with Crippen molar-refractivity contribution < 1.29 is 14.3 Å². The number of carbonyl (C=O) groups is 2. The van der Waals surface area contributed by atoms with E-state index in [1.807, 2.05) is 48.5 Å². The van der Waals surface area contributed by atoms with Crippen LogP contribution in [0.1, 0.15) is 32.8 Å². The van der Waals surface area contributed by atoms with Crippen molar-refractivity contribution in [3.05, 3.63) is 48.0 Å². The summed E-state index contributed by atoms with van der Waals surface area (Å²) in [5, 5.41) is 16.1. The van der Waals surface area contributed by atoms with Gasteiger partial charge < -0.3 is 15.4 Å². The molecule has 0 bridgehead atoms. The van der Waals surface area contributed by atoms with Gasteiger partial charge >= 0.3 is 6.09 Å². The lowest BCUT2D eigenvalue weighted by atomic mass is 10.0. The van der Waals surface area contributed by atoms with Crippen LogP contribution < -0.4 is 10.6 Å². The van der Waals surface area contributed by atoms with Gasteiger partial charge in [-0.05, 0) is 37.1 Å². The monoisotopic (exact) mass is 367 g/mol. The maximum absolute atomic E-state index is 12.5. The van der Waals surface area contributed by atoms with E-state index < -0.39 is 17.7 Å². The normalized spacial score (nSPS) is 12.1. The van der Waals surface area contributed by atoms with Gasteiger partial charge in [-0.15, -0.1) is 0 Å². The molecule has 0 aliphatic rings. The number of alkyl carbamates (subject to hydrolysis) is 1. The first-order chi connectivity index (χ1) is 12.8. The first-order valence-corrected chi connectivity index (χ1v) is 8.90. The Bertz CT molecular complexity index is 850. The highest BCUT2D eigenvalue weighted by molar-refractivity contribution is 5.87. The van der Waals surface area contributed by atoms with Gasteiger partial charge in [0.25, 0.3) is 0 Å². The summed E-state index contributed by atoms with van der Waals surface area (Å²) in [5.41, 5.74) is 0.264. The zero-order valence-corrected chi connectivity index (χ0v) is 15.9. The van der Waals surface area contributed by atoms with Gasteiger partial charge in [0.2, 0.25) is 5.91 Å². The van der Waals surface area contributed by atoms with Crippen molar-refractivity contribution in [2.45, 2.75) is 45.3 Å². The van der Waals surface area contributed by atoms with Gasteiger partial charge in [-0.2, -0.15) is 5.26 Å². The fraction of sp³-hybridized carbons (Fsp3) is 0.381. The SMILES string of the molecule is CC(C)(C)OC(=O)N[C@@H](Cc1ccc2ccccc2c1)C(=O)NCCC#N. The van der Waals surface area contributed by atoms with E-state index in [-0.39, 0.29) is 18.9 Å². The third-order valence-electron chi connectivity index (χ3n) is 3.80. The van der Waals surface area contributed by atoms with Crippen molar-refractivity contribution in [2.24, 2.45) is 0 Å². The number of carbonyl (C=O) groups excluding carboxylic acids is 2. The highest BCUT2D eigenvalue weighted by Gasteiger charge is 2.24. The van der Waals surface area contributed by atoms with E-state index in [4.69, 9.17) is 10.00 Å². The van der Waals surface area contributed by atoms with Gasteiger partial charge in [-0.3, -0.25) is 4.79 Å². The molecule has 2 aromatic carbocycles. The number of nitrogens with zero attached hydrogens (tertiary/aromatic N) is 1. The van der Waals surface area contributed by atoms with Gasteiger partial charge in [0.15, 0.2) is 0 Å². The van der Waals surface area contributed by atoms with Crippen LogP contribution in [0.5, 0.6) is 0 Å². The van der Waals surface area contributed by atoms with Gasteiger partial charge in [0, 0.05) is 13.0 Å². The van der Waals surface area contributed by atoms with Crippen molar-refractivity contribution in [2.75, 3.05) is 6.54 Å². The van der Waals surface area contributed by atoms with Crippen LogP contribution in [0.2, 0.25) is 0 Å². The number of ether oxygens (including phenoxy) is 1. The quantitative estimate of drug-likeness (QED) is 0.766. The Hall–Kier alpha value is -3.07. The average molecular weight is 367 g/mol. The van der Waals surface area contributed by atoms with Gasteiger partial charge in [0.1, 0.15) is 11.6 Å². The van der Waals surface area contributed by atoms with E-state index in [1.54, 1.807) is 20.8 Å². The van der Waals surface area contributed by atoms with E-state index in [1.165, 1.54) is 0 Å². The molecule has 0 aromatic heterocycles. The number of hydrogen-bond donors (Lipinski definition) is 2. The van der Waals surface area contributed by atoms with Crippen LogP contribution in [0.15, 0.2) is 42.5 Å². The number of amides is 2. The Labute approximate surface area is 159 Å². The smallest absolute Gasteiger partial charge is 0.408 e. The van der Waals surface area contributed by atoms with Gasteiger partial charge in [-0.25, -0.2) is 4.79 Å². The summed E-state index contributed by atoms with van der Waals surface area (Å²) in [6.45, 7) is 5.52. The molecule has 0 heterocycles. The molecule has 6 heteroatoms. The third-order valence-corrected chi connectivity index (χ3v) is 3.80. The lowest BCUT2D eigenvalue weighted by Gasteiger charge is -2.23. The molecule has 142 valence electrons. The minimum absolute atomic E-state index is 0.209. The lowest BCUT2D eigenvalue weighted by molar-refractivity contribution is -0.123. The molecule has 0 aliphatic carbocycles. The molecule has 0 unspecified atom stereocenters. The molecule has 0 fully saturated rings. The van der Waals surface area contributed by atoms with Crippen LogP contribution in [0.3, 0.4) is 0 Å². The van der Waals surface area contributed by atoms with Crippen LogP contribution in [-0.4, -0.2) is 30.2 Å². The van der Waals surface area contributed by atoms with Crippen molar-refractivity contribution in [3.63, 3.8) is 0 Å². The molecule has 0 spiro atoms. The number of fused-ring (bicyclic) bond motifs is 1. The first kappa shape index (κ1) is 20.2. The summed E-state index contributed by atoms with van der Waals surface area (Å²) in [6.07, 6.45) is -0.118. The van der Waals surface area contributed by atoms with E-state index in [2.05, 4.69) is 10.6 Å². The molecular formula is C21H25N3O3. The van der Waals surface area contributed by atoms with Crippen molar-refractivity contribution in [1.29, 1.82) is 5.26 Å². The second kappa shape index (κ2) is 9.04. The predicted octanol–water partition coefficient (Wildman–Crippen LogP) is 3.31. The Morgan fingerprint density at radius 2 is 1.85 bits per heavy atom. The van der Waals surface area contributed by atoms with Crippen molar-refractivity contribution >= 4 is 22.8 Å². The summed E-state index contributed by atoms with van der Waals surface area (Å²) in [5.74, 6) is -0.343. The van der Waals surface area contributed by atoms with Crippen LogP contribution in [0.25, 0.3) is 10.8 Å². The van der Waals surface area contributed by atoms with Crippen LogP contribution >= 0.6 is 0 Å². The molecule has 2 rings (SSSR count). The highest BCUT2D eigenvalue weighted by atomic mass is 16.6. The van der Waals surface area contributed by atoms with E-state index in [9.17, 15) is 9.59 Å². The fourth-order valence-corrected chi connectivity index (χ4v) is 2.63. The van der Waals surface area contributed by atoms with Crippen LogP contribution in [0, 0.1) is 11.3 Å². The topological polar surface area (TPSA) is 91.2 Å². The highest BCUT2D eigenvalue weighted by Crippen LogP contribution is 2.17. The van der Waals surface area contributed by atoms with Crippen molar-refractivity contribution in [1.82, 2.24) is 10.6 Å². The third kappa shape index (κ3) is 6.63. The number of hydrogen-bond acceptors (Lipinski definition) is 4. The average Bonchev–Trinajstić information content (AvgIpc) is 2.59. The second-order valence-electron chi connectivity index (χ2n) is 7.28. The molecule has 2 N–H and O–H groups in total. The van der Waals surface area contributed by atoms with Crippen LogP contribution in [-0.2, 0) is 16.0 Å². The summed E-state index contributed by atoms with van der Waals surface area (Å²) in [6, 6.07) is 15.1. The summed E-state index contributed by atoms with van der Waals surface area (Å²) in [7, 11) is 0. The maximum Gasteiger partial charge on any atom is 0.408 e. The Kier molecular flexibility index (Phi) is 6.78. The summed E-state index contributed by atoms with van der Waals surface area (Å²) < 4.78 is 5.27. The Morgan fingerprint density at radius 1 is 1.15 bits per heavy atom. The maximum atomic E-state index is 12.5. The van der Waals surface area contributed by atoms with Crippen LogP contribution in [0.4, 0.5) is 4.79 Å². The largest absolute Gasteiger partial charge is 0.444 e. The zero-order chi connectivity index (χ0) is 19.9. The molecule has 0 saturated heterocycles. The standard InChI is InChI=1S/C21H25N3O3/c1-21(2,3)27-20(26)24-18(19(25)23-12-6-11-22)14-15-9-10-16-7-4-5-8-17(16)13-15/h4-5,7-10,13,18H,6,12,14H2,1-3H3,(H,23,25)(H,24,26)/t18-/m0/s1. The summed E-state index contributed by atoms with van der Waals surface area (Å²) >= 11 is 0. The van der Waals surface area contributed by atoms with E-state index in [0.29, 0.717) is 6.42 Å².